The molecule has 3 rings (SSSR count). The van der Waals surface area contributed by atoms with E-state index in [1.165, 1.54) is 16.0 Å². The molecule has 0 saturated heterocycles. The highest BCUT2D eigenvalue weighted by Gasteiger charge is 2.29. The number of anilines is 1. The van der Waals surface area contributed by atoms with E-state index in [2.05, 4.69) is 22.0 Å². The fourth-order valence-electron chi connectivity index (χ4n) is 2.94. The van der Waals surface area contributed by atoms with Crippen LogP contribution in [0.4, 0.5) is 5.00 Å². The molecule has 2 aromatic rings. The molecule has 0 fully saturated rings. The van der Waals surface area contributed by atoms with Crippen molar-refractivity contribution in [2.75, 3.05) is 11.9 Å². The summed E-state index contributed by atoms with van der Waals surface area (Å²) in [4.78, 5) is 36.8. The quantitative estimate of drug-likeness (QED) is 0.612. The lowest BCUT2D eigenvalue weighted by molar-refractivity contribution is -0.750. The Morgan fingerprint density at radius 3 is 3.00 bits per heavy atom. The second-order valence-corrected chi connectivity index (χ2v) is 7.20. The second kappa shape index (κ2) is 7.22. The second-order valence-electron chi connectivity index (χ2n) is 6.09. The van der Waals surface area contributed by atoms with Crippen LogP contribution < -0.4 is 15.6 Å². The van der Waals surface area contributed by atoms with E-state index in [9.17, 15) is 14.4 Å². The number of H-pyrrole nitrogens is 1. The molecule has 0 aromatic carbocycles. The molecule has 134 valence electrons. The average molecular weight is 366 g/mol. The van der Waals surface area contributed by atoms with Crippen molar-refractivity contribution in [3.63, 3.8) is 0 Å². The summed E-state index contributed by atoms with van der Waals surface area (Å²) < 4.78 is 10.9. The zero-order valence-corrected chi connectivity index (χ0v) is 14.9. The van der Waals surface area contributed by atoms with Gasteiger partial charge in [-0.3, -0.25) is 9.32 Å². The number of fused-ring (bicyclic) bond motifs is 1. The van der Waals surface area contributed by atoms with Gasteiger partial charge in [-0.2, -0.15) is 0 Å². The van der Waals surface area contributed by atoms with Crippen molar-refractivity contribution in [3.05, 3.63) is 32.6 Å². The van der Waals surface area contributed by atoms with Crippen LogP contribution in [0.1, 0.15) is 41.1 Å². The van der Waals surface area contributed by atoms with E-state index < -0.39 is 11.6 Å². The number of nitrogens with zero attached hydrogens (tertiary/aromatic N) is 1. The van der Waals surface area contributed by atoms with Gasteiger partial charge in [0.2, 0.25) is 0 Å². The van der Waals surface area contributed by atoms with Crippen molar-refractivity contribution in [2.24, 2.45) is 5.92 Å². The molecule has 0 aliphatic heterocycles. The smallest absolute Gasteiger partial charge is 0.426 e. The van der Waals surface area contributed by atoms with Gasteiger partial charge in [0.15, 0.2) is 0 Å². The first-order valence-electron chi connectivity index (χ1n) is 8.17. The molecule has 2 N–H and O–H groups in total. The van der Waals surface area contributed by atoms with Crippen LogP contribution in [0.5, 0.6) is 0 Å². The van der Waals surface area contributed by atoms with Crippen molar-refractivity contribution in [1.29, 1.82) is 0 Å². The maximum Gasteiger partial charge on any atom is 0.426 e. The van der Waals surface area contributed by atoms with Crippen LogP contribution in [0.25, 0.3) is 0 Å². The molecule has 2 aromatic heterocycles. The predicted molar refractivity (Wildman–Crippen MR) is 89.6 cm³/mol. The van der Waals surface area contributed by atoms with E-state index in [1.54, 1.807) is 6.92 Å². The summed E-state index contributed by atoms with van der Waals surface area (Å²) in [5, 5.41) is 5.60. The Bertz CT molecular complexity index is 850. The minimum absolute atomic E-state index is 0.118. The van der Waals surface area contributed by atoms with Gasteiger partial charge in [-0.25, -0.2) is 9.59 Å². The van der Waals surface area contributed by atoms with Gasteiger partial charge in [0.05, 0.1) is 12.2 Å². The molecular formula is C16H20N3O5S+. The third kappa shape index (κ3) is 3.81. The fraction of sp³-hybridized carbons (Fsp3) is 0.500. The first-order chi connectivity index (χ1) is 12.0. The van der Waals surface area contributed by atoms with Crippen LogP contribution in [0.3, 0.4) is 0 Å². The third-order valence-corrected chi connectivity index (χ3v) is 5.25. The normalized spacial score (nSPS) is 16.3. The lowest BCUT2D eigenvalue weighted by atomic mass is 9.88. The van der Waals surface area contributed by atoms with E-state index >= 15 is 0 Å². The third-order valence-electron chi connectivity index (χ3n) is 4.08. The zero-order valence-electron chi connectivity index (χ0n) is 14.1. The largest absolute Gasteiger partial charge is 0.462 e. The summed E-state index contributed by atoms with van der Waals surface area (Å²) in [5.74, 6) is -0.218. The number of hydrogen-bond acceptors (Lipinski definition) is 6. The number of thiophene rings is 1. The minimum atomic E-state index is -0.569. The lowest BCUT2D eigenvalue weighted by Crippen LogP contribution is -2.41. The number of aromatic nitrogens is 2. The molecule has 1 aliphatic carbocycles. The Hall–Kier alpha value is -2.42. The number of aromatic amines is 1. The van der Waals surface area contributed by atoms with Gasteiger partial charge in [-0.15, -0.1) is 11.3 Å². The minimum Gasteiger partial charge on any atom is -0.462 e. The Labute approximate surface area is 147 Å². The van der Waals surface area contributed by atoms with Gasteiger partial charge in [0.25, 0.3) is 18.6 Å². The van der Waals surface area contributed by atoms with Crippen molar-refractivity contribution < 1.29 is 23.5 Å². The number of hydrogen-bond donors (Lipinski definition) is 2. The molecule has 9 heteroatoms. The van der Waals surface area contributed by atoms with Gasteiger partial charge < -0.3 is 10.1 Å². The molecule has 0 radical (unpaired) electrons. The van der Waals surface area contributed by atoms with Crippen LogP contribution in [0.15, 0.2) is 15.5 Å². The topological polar surface area (TPSA) is 105 Å². The predicted octanol–water partition coefficient (Wildman–Crippen LogP) is 1.26. The molecule has 2 heterocycles. The van der Waals surface area contributed by atoms with Crippen LogP contribution >= 0.6 is 11.3 Å². The SMILES string of the molecule is CCOC(=O)c1c(NC(=O)C[n+]2cc(=O)o[nH]2)sc2c1CCC(C)C2. The number of amides is 1. The Balaban J connectivity index is 1.85. The molecule has 8 nitrogen and oxygen atoms in total. The number of carbonyl (C=O) groups excluding carboxylic acids is 2. The lowest BCUT2D eigenvalue weighted by Gasteiger charge is -2.18. The van der Waals surface area contributed by atoms with E-state index in [0.29, 0.717) is 16.5 Å². The van der Waals surface area contributed by atoms with Crippen molar-refractivity contribution >= 4 is 28.2 Å². The van der Waals surface area contributed by atoms with Crippen LogP contribution in [-0.4, -0.2) is 23.8 Å². The molecule has 0 saturated carbocycles. The van der Waals surface area contributed by atoms with Gasteiger partial charge in [0.1, 0.15) is 5.00 Å². The molecule has 25 heavy (non-hydrogen) atoms. The molecule has 1 amide bonds. The van der Waals surface area contributed by atoms with Crippen LogP contribution in [0.2, 0.25) is 0 Å². The Morgan fingerprint density at radius 2 is 2.32 bits per heavy atom. The van der Waals surface area contributed by atoms with Crippen LogP contribution in [-0.2, 0) is 28.9 Å². The van der Waals surface area contributed by atoms with Crippen molar-refractivity contribution in [1.82, 2.24) is 5.27 Å². The van der Waals surface area contributed by atoms with Crippen LogP contribution in [0, 0.1) is 5.92 Å². The molecular weight excluding hydrogens is 346 g/mol. The highest BCUT2D eigenvalue weighted by Crippen LogP contribution is 2.40. The zero-order chi connectivity index (χ0) is 18.0. The van der Waals surface area contributed by atoms with E-state index in [0.717, 1.165) is 35.9 Å². The number of esters is 1. The summed E-state index contributed by atoms with van der Waals surface area (Å²) in [6.45, 7) is 4.09. The number of carbonyl (C=O) groups is 2. The average Bonchev–Trinajstić information content (AvgIpc) is 3.09. The molecule has 1 atom stereocenters. The summed E-state index contributed by atoms with van der Waals surface area (Å²) in [6.07, 6.45) is 3.86. The van der Waals surface area contributed by atoms with Gasteiger partial charge in [0, 0.05) is 4.88 Å². The summed E-state index contributed by atoms with van der Waals surface area (Å²) in [7, 11) is 0. The summed E-state index contributed by atoms with van der Waals surface area (Å²) in [6, 6.07) is 0. The van der Waals surface area contributed by atoms with Crippen molar-refractivity contribution in [2.45, 2.75) is 39.7 Å². The highest BCUT2D eigenvalue weighted by atomic mass is 32.1. The van der Waals surface area contributed by atoms with E-state index in [-0.39, 0.29) is 19.1 Å². The maximum atomic E-state index is 12.4. The highest BCUT2D eigenvalue weighted by molar-refractivity contribution is 7.17. The molecule has 0 bridgehead atoms. The van der Waals surface area contributed by atoms with E-state index in [4.69, 9.17) is 4.74 Å². The monoisotopic (exact) mass is 366 g/mol. The van der Waals surface area contributed by atoms with Crippen molar-refractivity contribution in [3.8, 4) is 0 Å². The fourth-order valence-corrected chi connectivity index (χ4v) is 4.36. The van der Waals surface area contributed by atoms with Gasteiger partial charge in [-0.05, 0) is 42.9 Å². The molecule has 1 aliphatic rings. The summed E-state index contributed by atoms with van der Waals surface area (Å²) >= 11 is 1.43. The standard InChI is InChI=1S/C16H19N3O5S/c1-3-23-16(22)14-10-5-4-9(2)6-11(10)25-15(14)17-12(20)7-19-8-13(21)24-18-19/h8-9H,3-7H2,1-2H3,(H-,17,18,20,21,22)/p+1. The summed E-state index contributed by atoms with van der Waals surface area (Å²) in [5.41, 5.74) is 0.884. The first kappa shape index (κ1) is 17.4. The molecule has 0 spiro atoms. The number of rotatable bonds is 5. The Kier molecular flexibility index (Phi) is 5.03. The van der Waals surface area contributed by atoms with E-state index in [1.807, 2.05) is 0 Å². The maximum absolute atomic E-state index is 12.4. The molecule has 1 unspecified atom stereocenters. The number of nitrogens with one attached hydrogen (secondary N) is 2. The first-order valence-corrected chi connectivity index (χ1v) is 8.99. The Morgan fingerprint density at radius 1 is 1.52 bits per heavy atom. The number of ether oxygens (including phenoxy) is 1. The van der Waals surface area contributed by atoms with Gasteiger partial charge >= 0.3 is 11.6 Å². The van der Waals surface area contributed by atoms with Gasteiger partial charge in [-0.1, -0.05) is 11.6 Å².